The Bertz CT molecular complexity index is 769. The molecule has 0 N–H and O–H groups in total. The predicted octanol–water partition coefficient (Wildman–Crippen LogP) is 3.13. The van der Waals surface area contributed by atoms with Gasteiger partial charge in [0.2, 0.25) is 3.67 Å². The number of rotatable bonds is 3. The van der Waals surface area contributed by atoms with Crippen molar-refractivity contribution in [2.24, 2.45) is 7.05 Å². The summed E-state index contributed by atoms with van der Waals surface area (Å²) in [6, 6.07) is 6.62. The number of benzene rings is 1. The van der Waals surface area contributed by atoms with Crippen molar-refractivity contribution in [2.45, 2.75) is 8.50 Å². The first-order valence-corrected chi connectivity index (χ1v) is 7.72. The Kier molecular flexibility index (Phi) is 4.66. The van der Waals surface area contributed by atoms with E-state index in [0.717, 1.165) is 16.5 Å². The number of hydrogen-bond donors (Lipinski definition) is 0. The molecule has 0 aliphatic heterocycles. The third-order valence-electron chi connectivity index (χ3n) is 2.59. The van der Waals surface area contributed by atoms with Gasteiger partial charge in [0.15, 0.2) is 4.84 Å². The lowest BCUT2D eigenvalue weighted by molar-refractivity contribution is 0.779. The first-order chi connectivity index (χ1) is 9.25. The van der Waals surface area contributed by atoms with Crippen molar-refractivity contribution in [3.05, 3.63) is 45.1 Å². The van der Waals surface area contributed by atoms with Crippen LogP contribution in [0.15, 0.2) is 33.9 Å². The van der Waals surface area contributed by atoms with Gasteiger partial charge in [-0.3, -0.25) is 9.36 Å². The summed E-state index contributed by atoms with van der Waals surface area (Å²) < 4.78 is 0.540. The highest BCUT2D eigenvalue weighted by Crippen LogP contribution is 2.43. The molecule has 9 heteroatoms. The Hall–Kier alpha value is -0.330. The van der Waals surface area contributed by atoms with E-state index in [1.807, 2.05) is 0 Å². The normalized spacial score (nSPS) is 12.3. The smallest absolute Gasteiger partial charge is 0.268 e. The van der Waals surface area contributed by atoms with E-state index in [2.05, 4.69) is 0 Å². The molecule has 0 amide bonds. The van der Waals surface area contributed by atoms with Crippen molar-refractivity contribution >= 4 is 69.3 Å². The second-order valence-electron chi connectivity index (χ2n) is 3.91. The lowest BCUT2D eigenvalue weighted by atomic mass is 10.2. The van der Waals surface area contributed by atoms with Gasteiger partial charge in [-0.05, 0) is 12.1 Å². The molecule has 0 spiro atoms. The first kappa shape index (κ1) is 16.0. The van der Waals surface area contributed by atoms with Gasteiger partial charge in [-0.1, -0.05) is 35.3 Å². The lowest BCUT2D eigenvalue weighted by Crippen LogP contribution is -2.38. The van der Waals surface area contributed by atoms with Crippen molar-refractivity contribution < 1.29 is 0 Å². The quantitative estimate of drug-likeness (QED) is 0.776. The van der Waals surface area contributed by atoms with Crippen LogP contribution in [-0.2, 0) is 7.05 Å². The molecule has 108 valence electrons. The fourth-order valence-electron chi connectivity index (χ4n) is 1.59. The van der Waals surface area contributed by atoms with Gasteiger partial charge in [0.05, 0.1) is 10.9 Å². The minimum Gasteiger partial charge on any atom is -0.268 e. The number of aromatic nitrogens is 2. The fraction of sp³-hybridized carbons (Fsp3) is 0.273. The van der Waals surface area contributed by atoms with Gasteiger partial charge in [0, 0.05) is 19.0 Å². The minimum atomic E-state index is -1.63. The summed E-state index contributed by atoms with van der Waals surface area (Å²) in [6.45, 7) is 0. The molecule has 0 radical (unpaired) electrons. The van der Waals surface area contributed by atoms with Crippen molar-refractivity contribution in [2.75, 3.05) is 0 Å². The van der Waals surface area contributed by atoms with Crippen LogP contribution in [0.3, 0.4) is 0 Å². The van der Waals surface area contributed by atoms with E-state index in [4.69, 9.17) is 46.4 Å². The highest BCUT2D eigenvalue weighted by molar-refractivity contribution is 8.02. The van der Waals surface area contributed by atoms with Crippen LogP contribution in [0, 0.1) is 0 Å². The summed E-state index contributed by atoms with van der Waals surface area (Å²) >= 11 is 24.1. The van der Waals surface area contributed by atoms with E-state index in [1.165, 1.54) is 11.0 Å². The second kappa shape index (κ2) is 5.81. The molecule has 1 aromatic carbocycles. The van der Waals surface area contributed by atoms with Crippen molar-refractivity contribution in [1.29, 1.82) is 0 Å². The number of hydrogen-bond acceptors (Lipinski definition) is 3. The predicted molar refractivity (Wildman–Crippen MR) is 86.4 cm³/mol. The summed E-state index contributed by atoms with van der Waals surface area (Å²) in [5, 5.41) is 0.368. The molecular formula is C11H8Cl4N2O2S. The van der Waals surface area contributed by atoms with Gasteiger partial charge in [-0.2, -0.15) is 0 Å². The van der Waals surface area contributed by atoms with E-state index in [1.54, 1.807) is 24.3 Å². The Balaban J connectivity index is 2.77. The van der Waals surface area contributed by atoms with Crippen LogP contribution in [-0.4, -0.2) is 17.0 Å². The molecule has 20 heavy (non-hydrogen) atoms. The average Bonchev–Trinajstić information content (AvgIpc) is 2.41. The Morgan fingerprint density at radius 1 is 1.20 bits per heavy atom. The van der Waals surface area contributed by atoms with Crippen LogP contribution in [0.2, 0.25) is 0 Å². The first-order valence-electron chi connectivity index (χ1n) is 5.32. The molecule has 0 aliphatic rings. The van der Waals surface area contributed by atoms with E-state index in [9.17, 15) is 9.59 Å². The maximum Gasteiger partial charge on any atom is 0.341 e. The van der Waals surface area contributed by atoms with E-state index < -0.39 is 19.8 Å². The zero-order chi connectivity index (χ0) is 15.1. The average molecular weight is 374 g/mol. The number of halogens is 4. The van der Waals surface area contributed by atoms with Crippen LogP contribution >= 0.6 is 58.4 Å². The largest absolute Gasteiger partial charge is 0.341 e. The maximum absolute atomic E-state index is 12.2. The molecule has 0 aliphatic carbocycles. The zero-order valence-corrected chi connectivity index (χ0v) is 13.9. The molecule has 0 atom stereocenters. The summed E-state index contributed by atoms with van der Waals surface area (Å²) in [7, 11) is 1.37. The Morgan fingerprint density at radius 3 is 2.40 bits per heavy atom. The van der Waals surface area contributed by atoms with Gasteiger partial charge in [-0.25, -0.2) is 8.77 Å². The Labute approximate surface area is 138 Å². The van der Waals surface area contributed by atoms with Crippen molar-refractivity contribution in [3.8, 4) is 0 Å². The zero-order valence-electron chi connectivity index (χ0n) is 10.0. The standard InChI is InChI=1S/C11H8Cl4N2O2S/c1-16-8(18)6-4-2-3-5-7(6)17(10(16)19)20-11(14,15)9(12)13/h2-5,9H,1H3. The van der Waals surface area contributed by atoms with Crippen LogP contribution < -0.4 is 11.2 Å². The number of alkyl halides is 4. The van der Waals surface area contributed by atoms with Crippen molar-refractivity contribution in [1.82, 2.24) is 8.54 Å². The number of para-hydroxylation sites is 1. The molecule has 2 aromatic rings. The molecule has 0 saturated heterocycles. The molecule has 1 heterocycles. The van der Waals surface area contributed by atoms with Crippen LogP contribution in [0.4, 0.5) is 0 Å². The third-order valence-corrected chi connectivity index (χ3v) is 5.81. The lowest BCUT2D eigenvalue weighted by Gasteiger charge is -2.21. The van der Waals surface area contributed by atoms with Gasteiger partial charge >= 0.3 is 5.69 Å². The summed E-state index contributed by atoms with van der Waals surface area (Å²) in [4.78, 5) is 23.1. The third kappa shape index (κ3) is 2.83. The minimum absolute atomic E-state index is 0.368. The summed E-state index contributed by atoms with van der Waals surface area (Å²) in [5.74, 6) is 0. The van der Waals surface area contributed by atoms with Gasteiger partial charge in [0.25, 0.3) is 5.56 Å². The van der Waals surface area contributed by atoms with Gasteiger partial charge < -0.3 is 0 Å². The second-order valence-corrected chi connectivity index (χ2v) is 8.03. The number of fused-ring (bicyclic) bond motifs is 1. The van der Waals surface area contributed by atoms with E-state index in [-0.39, 0.29) is 0 Å². The molecule has 0 bridgehead atoms. The van der Waals surface area contributed by atoms with Crippen LogP contribution in [0.25, 0.3) is 10.9 Å². The maximum atomic E-state index is 12.2. The topological polar surface area (TPSA) is 44.0 Å². The SMILES string of the molecule is Cn1c(=O)c2ccccc2n(SC(Cl)(Cl)C(Cl)Cl)c1=O. The summed E-state index contributed by atoms with van der Waals surface area (Å²) in [5.41, 5.74) is -0.575. The van der Waals surface area contributed by atoms with Crippen LogP contribution in [0.1, 0.15) is 0 Å². The van der Waals surface area contributed by atoms with E-state index >= 15 is 0 Å². The molecule has 0 saturated carbocycles. The number of nitrogens with zero attached hydrogens (tertiary/aromatic N) is 2. The fourth-order valence-corrected chi connectivity index (χ4v) is 3.02. The van der Waals surface area contributed by atoms with Crippen molar-refractivity contribution in [3.63, 3.8) is 0 Å². The molecular weight excluding hydrogens is 366 g/mol. The molecule has 1 aromatic heterocycles. The molecule has 0 fully saturated rings. The highest BCUT2D eigenvalue weighted by Gasteiger charge is 2.35. The monoisotopic (exact) mass is 372 g/mol. The van der Waals surface area contributed by atoms with E-state index in [0.29, 0.717) is 10.9 Å². The highest BCUT2D eigenvalue weighted by atomic mass is 35.5. The van der Waals surface area contributed by atoms with Gasteiger partial charge in [-0.15, -0.1) is 23.2 Å². The molecule has 4 nitrogen and oxygen atoms in total. The molecule has 2 rings (SSSR count). The van der Waals surface area contributed by atoms with Gasteiger partial charge in [0.1, 0.15) is 0 Å². The Morgan fingerprint density at radius 2 is 1.80 bits per heavy atom. The van der Waals surface area contributed by atoms with Crippen LogP contribution in [0.5, 0.6) is 0 Å². The summed E-state index contributed by atoms with van der Waals surface area (Å²) in [6.07, 6.45) is 0. The molecule has 0 unspecified atom stereocenters.